The van der Waals surface area contributed by atoms with Crippen LogP contribution in [-0.4, -0.2) is 77.3 Å². The zero-order chi connectivity index (χ0) is 39.8. The number of aliphatic imine (C=N–C) groups is 1. The van der Waals surface area contributed by atoms with Crippen LogP contribution >= 0.6 is 11.8 Å². The largest absolute Gasteiger partial charge is 0.432 e. The second-order valence-electron chi connectivity index (χ2n) is 14.1. The minimum Gasteiger partial charge on any atom is -0.432 e. The van der Waals surface area contributed by atoms with E-state index < -0.39 is 6.61 Å². The van der Waals surface area contributed by atoms with Gasteiger partial charge in [-0.1, -0.05) is 12.1 Å². The smallest absolute Gasteiger partial charge is 0.387 e. The maximum atomic E-state index is 13.5. The van der Waals surface area contributed by atoms with Gasteiger partial charge in [0.05, 0.1) is 48.9 Å². The number of hydrogen-bond acceptors (Lipinski definition) is 15. The van der Waals surface area contributed by atoms with Gasteiger partial charge in [-0.15, -0.1) is 11.8 Å². The molecule has 0 radical (unpaired) electrons. The van der Waals surface area contributed by atoms with Crippen LogP contribution in [0.15, 0.2) is 112 Å². The van der Waals surface area contributed by atoms with Crippen molar-refractivity contribution in [3.63, 3.8) is 0 Å². The first-order valence-corrected chi connectivity index (χ1v) is 19.9. The Bertz CT molecular complexity index is 2360. The molecular formula is C39H41F2N13O3S. The maximum Gasteiger partial charge on any atom is 0.387 e. The van der Waals surface area contributed by atoms with Gasteiger partial charge in [0.25, 0.3) is 11.1 Å². The summed E-state index contributed by atoms with van der Waals surface area (Å²) in [6.07, 6.45) is 18.2. The Balaban J connectivity index is 0.766. The fraction of sp³-hybridized carbons (Fsp3) is 0.333. The summed E-state index contributed by atoms with van der Waals surface area (Å²) in [6.45, 7) is -2.41. The molecule has 1 unspecified atom stereocenters. The van der Waals surface area contributed by atoms with E-state index in [0.29, 0.717) is 47.0 Å². The Labute approximate surface area is 335 Å². The predicted molar refractivity (Wildman–Crippen MR) is 218 cm³/mol. The third-order valence-electron chi connectivity index (χ3n) is 10.0. The van der Waals surface area contributed by atoms with E-state index in [2.05, 4.69) is 56.2 Å². The Kier molecular flexibility index (Phi) is 11.8. The third kappa shape index (κ3) is 9.77. The van der Waals surface area contributed by atoms with Crippen LogP contribution in [0.1, 0.15) is 44.1 Å². The van der Waals surface area contributed by atoms with Gasteiger partial charge in [0.2, 0.25) is 11.9 Å². The molecule has 5 aromatic rings. The van der Waals surface area contributed by atoms with E-state index in [4.69, 9.17) is 4.99 Å². The van der Waals surface area contributed by atoms with Crippen molar-refractivity contribution < 1.29 is 13.5 Å². The Morgan fingerprint density at radius 2 is 1.40 bits per heavy atom. The standard InChI is InChI=1S/C39H41F2N13O3S/c40-36(41)57-31-19-45-38(46-20-31)51-26-7-6-25(14-26)49-33-11-10-29(16-42-33)54-13-3-4-24(35(54)56)23-58-32-21-47-39(48-22-32)52-28-9-8-27(15-28)50-37-43-17-30(18-44-37)53-12-2-1-5-34(53)55/h1-5,10-13,16-21,25-28,36H,6-9,14-15,22-23H2,(H,42,49)(H,43,44,50)(H,45,46,51)(H2,47,48,52)/t25?,26-,27-,28-/m0/s1. The average Bonchev–Trinajstić information content (AvgIpc) is 3.88. The number of ether oxygens (including phenoxy) is 1. The van der Waals surface area contributed by atoms with Gasteiger partial charge >= 0.3 is 6.61 Å². The number of nitrogens with zero attached hydrogens (tertiary/aromatic N) is 8. The second-order valence-corrected chi connectivity index (χ2v) is 15.2. The lowest BCUT2D eigenvalue weighted by Crippen LogP contribution is -2.42. The van der Waals surface area contributed by atoms with Gasteiger partial charge in [0.15, 0.2) is 11.7 Å². The minimum absolute atomic E-state index is 0.0900. The number of rotatable bonds is 14. The predicted octanol–water partition coefficient (Wildman–Crippen LogP) is 4.67. The van der Waals surface area contributed by atoms with Crippen molar-refractivity contribution in [3.05, 3.63) is 123 Å². The summed E-state index contributed by atoms with van der Waals surface area (Å²) in [5.41, 5.74) is 1.71. The lowest BCUT2D eigenvalue weighted by Gasteiger charge is -2.20. The Morgan fingerprint density at radius 3 is 2.03 bits per heavy atom. The lowest BCUT2D eigenvalue weighted by molar-refractivity contribution is -0.0503. The molecule has 3 aliphatic rings. The Hall–Kier alpha value is -6.37. The van der Waals surface area contributed by atoms with Crippen LogP contribution in [0, 0.1) is 0 Å². The first kappa shape index (κ1) is 38.5. The number of pyridine rings is 3. The number of anilines is 3. The van der Waals surface area contributed by atoms with Crippen LogP contribution < -0.4 is 42.4 Å². The molecule has 6 heterocycles. The molecule has 2 saturated carbocycles. The first-order chi connectivity index (χ1) is 28.3. The first-order valence-electron chi connectivity index (χ1n) is 18.9. The normalized spacial score (nSPS) is 20.2. The molecule has 0 bridgehead atoms. The molecule has 1 aliphatic heterocycles. The molecule has 0 amide bonds. The highest BCUT2D eigenvalue weighted by Gasteiger charge is 2.27. The van der Waals surface area contributed by atoms with E-state index in [1.165, 1.54) is 23.0 Å². The fourth-order valence-corrected chi connectivity index (χ4v) is 8.04. The molecule has 2 aliphatic carbocycles. The van der Waals surface area contributed by atoms with Gasteiger partial charge in [-0.3, -0.25) is 18.7 Å². The van der Waals surface area contributed by atoms with Gasteiger partial charge in [0.1, 0.15) is 5.82 Å². The molecule has 0 saturated heterocycles. The number of thioether (sulfide) groups is 1. The number of aromatic nitrogens is 7. The monoisotopic (exact) mass is 809 g/mol. The number of alkyl halides is 2. The molecule has 5 aromatic heterocycles. The van der Waals surface area contributed by atoms with Crippen LogP contribution in [0.4, 0.5) is 26.5 Å². The number of hydrogen-bond donors (Lipinski definition) is 5. The number of halogens is 2. The van der Waals surface area contributed by atoms with Crippen molar-refractivity contribution >= 4 is 35.4 Å². The molecule has 16 nitrogen and oxygen atoms in total. The van der Waals surface area contributed by atoms with Gasteiger partial charge in [-0.05, 0) is 62.8 Å². The minimum atomic E-state index is -2.92. The van der Waals surface area contributed by atoms with E-state index in [-0.39, 0.29) is 41.0 Å². The molecule has 58 heavy (non-hydrogen) atoms. The van der Waals surface area contributed by atoms with Gasteiger partial charge in [-0.2, -0.15) is 8.78 Å². The third-order valence-corrected chi connectivity index (χ3v) is 11.1. The van der Waals surface area contributed by atoms with Crippen molar-refractivity contribution in [2.24, 2.45) is 4.99 Å². The van der Waals surface area contributed by atoms with Crippen LogP contribution in [0.2, 0.25) is 0 Å². The molecule has 300 valence electrons. The molecule has 19 heteroatoms. The topological polar surface area (TPSA) is 190 Å². The summed E-state index contributed by atoms with van der Waals surface area (Å²) >= 11 is 1.57. The van der Waals surface area contributed by atoms with Crippen molar-refractivity contribution in [2.75, 3.05) is 22.5 Å². The number of nitrogens with one attached hydrogen (secondary N) is 5. The molecule has 0 aromatic carbocycles. The molecule has 4 atom stereocenters. The summed E-state index contributed by atoms with van der Waals surface area (Å²) in [7, 11) is 0. The zero-order valence-corrected chi connectivity index (χ0v) is 32.0. The quantitative estimate of drug-likeness (QED) is 0.104. The molecule has 2 fully saturated rings. The SMILES string of the molecule is O=c1ccccn1-c1cnc(N[C@H]2CC[C@H](NC3=NCC(SCc4cccn(-c5ccc(NC6CC[C@H](Nc7ncc(OC(F)F)cn7)C6)nc5)c4=O)=CN3)C2)nc1. The van der Waals surface area contributed by atoms with Crippen LogP contribution in [-0.2, 0) is 5.75 Å². The van der Waals surface area contributed by atoms with Crippen molar-refractivity contribution in [1.82, 2.24) is 44.7 Å². The second kappa shape index (κ2) is 17.8. The molecule has 8 rings (SSSR count). The van der Waals surface area contributed by atoms with Crippen molar-refractivity contribution in [1.29, 1.82) is 0 Å². The van der Waals surface area contributed by atoms with E-state index in [0.717, 1.165) is 49.4 Å². The highest BCUT2D eigenvalue weighted by Crippen LogP contribution is 2.26. The van der Waals surface area contributed by atoms with E-state index in [1.54, 1.807) is 59.4 Å². The van der Waals surface area contributed by atoms with Crippen molar-refractivity contribution in [2.45, 2.75) is 75.1 Å². The zero-order valence-electron chi connectivity index (χ0n) is 31.2. The van der Waals surface area contributed by atoms with Crippen LogP contribution in [0.3, 0.4) is 0 Å². The average molecular weight is 810 g/mol. The molecule has 0 spiro atoms. The van der Waals surface area contributed by atoms with Crippen LogP contribution in [0.5, 0.6) is 5.75 Å². The Morgan fingerprint density at radius 1 is 0.741 bits per heavy atom. The van der Waals surface area contributed by atoms with Crippen LogP contribution in [0.25, 0.3) is 11.4 Å². The maximum absolute atomic E-state index is 13.5. The summed E-state index contributed by atoms with van der Waals surface area (Å²) < 4.78 is 32.2. The lowest BCUT2D eigenvalue weighted by atomic mass is 10.2. The summed E-state index contributed by atoms with van der Waals surface area (Å²) in [4.78, 5) is 52.8. The van der Waals surface area contributed by atoms with Crippen molar-refractivity contribution in [3.8, 4) is 17.1 Å². The number of guanidine groups is 1. The molecule has 5 N–H and O–H groups in total. The van der Waals surface area contributed by atoms with E-state index in [9.17, 15) is 18.4 Å². The van der Waals surface area contributed by atoms with E-state index in [1.807, 2.05) is 30.5 Å². The fourth-order valence-electron chi connectivity index (χ4n) is 7.18. The highest BCUT2D eigenvalue weighted by molar-refractivity contribution is 8.02. The summed E-state index contributed by atoms with van der Waals surface area (Å²) in [6, 6.07) is 13.2. The summed E-state index contributed by atoms with van der Waals surface area (Å²) in [5, 5.41) is 16.9. The van der Waals surface area contributed by atoms with Gasteiger partial charge in [0, 0.05) is 65.0 Å². The van der Waals surface area contributed by atoms with E-state index >= 15 is 0 Å². The highest BCUT2D eigenvalue weighted by atomic mass is 32.2. The van der Waals surface area contributed by atoms with Gasteiger partial charge in [-0.25, -0.2) is 29.9 Å². The molecular weight excluding hydrogens is 769 g/mol. The summed E-state index contributed by atoms with van der Waals surface area (Å²) in [5.74, 6) is 2.72. The van der Waals surface area contributed by atoms with Gasteiger partial charge < -0.3 is 31.3 Å².